The Kier molecular flexibility index (Phi) is 4.51. The third kappa shape index (κ3) is 2.90. The number of aromatic nitrogens is 3. The Morgan fingerprint density at radius 1 is 1.25 bits per heavy atom. The van der Waals surface area contributed by atoms with Crippen LogP contribution >= 0.6 is 11.6 Å². The van der Waals surface area contributed by atoms with Gasteiger partial charge >= 0.3 is 0 Å². The first-order chi connectivity index (χ1) is 13.4. The van der Waals surface area contributed by atoms with E-state index >= 15 is 0 Å². The molecule has 0 atom stereocenters. The van der Waals surface area contributed by atoms with Gasteiger partial charge in [-0.3, -0.25) is 9.48 Å². The van der Waals surface area contributed by atoms with E-state index in [1.807, 2.05) is 67.4 Å². The van der Waals surface area contributed by atoms with E-state index in [-0.39, 0.29) is 5.91 Å². The Morgan fingerprint density at radius 3 is 2.64 bits per heavy atom. The highest BCUT2D eigenvalue weighted by molar-refractivity contribution is 6.33. The van der Waals surface area contributed by atoms with Crippen LogP contribution in [0.15, 0.2) is 40.8 Å². The van der Waals surface area contributed by atoms with Crippen LogP contribution in [0.3, 0.4) is 0 Å². The molecular weight excluding hydrogens is 376 g/mol. The van der Waals surface area contributed by atoms with Gasteiger partial charge in [0.15, 0.2) is 5.58 Å². The smallest absolute Gasteiger partial charge is 0.272 e. The molecule has 3 heterocycles. The van der Waals surface area contributed by atoms with Crippen LogP contribution in [0.25, 0.3) is 22.4 Å². The van der Waals surface area contributed by atoms with Gasteiger partial charge < -0.3 is 14.3 Å². The van der Waals surface area contributed by atoms with Crippen molar-refractivity contribution in [3.8, 4) is 11.3 Å². The van der Waals surface area contributed by atoms with Gasteiger partial charge in [0.05, 0.1) is 27.6 Å². The van der Waals surface area contributed by atoms with Crippen LogP contribution in [0.2, 0.25) is 5.02 Å². The summed E-state index contributed by atoms with van der Waals surface area (Å²) < 4.78 is 9.66. The monoisotopic (exact) mass is 396 g/mol. The summed E-state index contributed by atoms with van der Waals surface area (Å²) in [6.45, 7) is 6.62. The third-order valence-electron chi connectivity index (χ3n) is 5.02. The van der Waals surface area contributed by atoms with E-state index in [9.17, 15) is 4.79 Å². The number of anilines is 1. The van der Waals surface area contributed by atoms with Crippen LogP contribution in [-0.4, -0.2) is 20.3 Å². The summed E-state index contributed by atoms with van der Waals surface area (Å²) >= 11 is 6.27. The van der Waals surface area contributed by atoms with Gasteiger partial charge in [-0.1, -0.05) is 23.7 Å². The lowest BCUT2D eigenvalue weighted by Crippen LogP contribution is -2.16. The number of nitrogens with one attached hydrogen (secondary N) is 1. The molecule has 3 aromatic heterocycles. The summed E-state index contributed by atoms with van der Waals surface area (Å²) in [7, 11) is 1.85. The summed E-state index contributed by atoms with van der Waals surface area (Å²) in [6, 6.07) is 11.2. The van der Waals surface area contributed by atoms with Gasteiger partial charge in [0.1, 0.15) is 11.5 Å². The first-order valence-electron chi connectivity index (χ1n) is 9.10. The Morgan fingerprint density at radius 2 is 2.00 bits per heavy atom. The van der Waals surface area contributed by atoms with Crippen molar-refractivity contribution in [2.75, 3.05) is 5.32 Å². The number of amides is 1. The van der Waals surface area contributed by atoms with Gasteiger partial charge in [-0.15, -0.1) is 0 Å². The Balaban J connectivity index is 1.68. The van der Waals surface area contributed by atoms with Crippen LogP contribution < -0.4 is 5.32 Å². The zero-order valence-electron chi connectivity index (χ0n) is 16.2. The van der Waals surface area contributed by atoms with E-state index in [2.05, 4.69) is 10.4 Å². The van der Waals surface area contributed by atoms with Crippen molar-refractivity contribution in [2.45, 2.75) is 27.3 Å². The molecule has 4 rings (SSSR count). The second-order valence-corrected chi connectivity index (χ2v) is 7.15. The molecule has 0 spiro atoms. The molecule has 0 unspecified atom stereocenters. The highest BCUT2D eigenvalue weighted by Gasteiger charge is 2.20. The zero-order chi connectivity index (χ0) is 20.0. The fourth-order valence-corrected chi connectivity index (χ4v) is 3.72. The number of rotatable bonds is 4. The molecule has 7 heteroatoms. The Bertz CT molecular complexity index is 1200. The number of hydrogen-bond acceptors (Lipinski definition) is 3. The predicted molar refractivity (Wildman–Crippen MR) is 111 cm³/mol. The average Bonchev–Trinajstić information content (AvgIpc) is 3.30. The molecule has 1 N–H and O–H groups in total. The summed E-state index contributed by atoms with van der Waals surface area (Å²) in [6.07, 6.45) is 0. The minimum atomic E-state index is -0.199. The number of benzene rings is 1. The molecule has 1 aromatic carbocycles. The molecule has 6 nitrogen and oxygen atoms in total. The number of carbonyl (C=O) groups is 1. The van der Waals surface area contributed by atoms with E-state index in [0.29, 0.717) is 22.1 Å². The molecule has 0 aliphatic heterocycles. The minimum absolute atomic E-state index is 0.199. The number of carbonyl (C=O) groups excluding carboxylic acids is 1. The fraction of sp³-hybridized carbons (Fsp3) is 0.238. The summed E-state index contributed by atoms with van der Waals surface area (Å²) in [5.74, 6) is 0.476. The zero-order valence-corrected chi connectivity index (χ0v) is 17.0. The van der Waals surface area contributed by atoms with Crippen molar-refractivity contribution < 1.29 is 9.21 Å². The largest absolute Gasteiger partial charge is 0.454 e. The number of fused-ring (bicyclic) bond motifs is 1. The van der Waals surface area contributed by atoms with Crippen LogP contribution in [0, 0.1) is 13.8 Å². The summed E-state index contributed by atoms with van der Waals surface area (Å²) in [5, 5.41) is 8.06. The molecular formula is C21H21ClN4O2. The number of hydrogen-bond donors (Lipinski definition) is 1. The number of aryl methyl sites for hydroxylation is 3. The lowest BCUT2D eigenvalue weighted by atomic mass is 10.2. The third-order valence-corrected chi connectivity index (χ3v) is 5.35. The molecule has 0 aliphatic rings. The van der Waals surface area contributed by atoms with Gasteiger partial charge in [0.2, 0.25) is 0 Å². The maximum atomic E-state index is 12.9. The van der Waals surface area contributed by atoms with Crippen molar-refractivity contribution in [2.24, 2.45) is 7.05 Å². The summed E-state index contributed by atoms with van der Waals surface area (Å²) in [4.78, 5) is 12.9. The van der Waals surface area contributed by atoms with Crippen LogP contribution in [-0.2, 0) is 13.6 Å². The first kappa shape index (κ1) is 18.4. The lowest BCUT2D eigenvalue weighted by Gasteiger charge is -2.07. The molecule has 0 radical (unpaired) electrons. The number of nitrogens with zero attached hydrogens (tertiary/aromatic N) is 3. The molecule has 0 fully saturated rings. The quantitative estimate of drug-likeness (QED) is 0.517. The Labute approximate surface area is 167 Å². The molecule has 0 saturated carbocycles. The SMILES string of the molecule is CCn1nc(C)c(NC(=O)c2cc3oc(-c4ccccc4Cl)cc3n2C)c1C. The van der Waals surface area contributed by atoms with Gasteiger partial charge in [0, 0.05) is 31.3 Å². The maximum absolute atomic E-state index is 12.9. The van der Waals surface area contributed by atoms with Crippen LogP contribution in [0.1, 0.15) is 28.8 Å². The second-order valence-electron chi connectivity index (χ2n) is 6.74. The van der Waals surface area contributed by atoms with Crippen molar-refractivity contribution in [3.05, 3.63) is 58.5 Å². The molecule has 0 saturated heterocycles. The number of furan rings is 1. The van der Waals surface area contributed by atoms with Gasteiger partial charge in [0.25, 0.3) is 5.91 Å². The molecule has 4 aromatic rings. The van der Waals surface area contributed by atoms with Crippen molar-refractivity contribution in [1.29, 1.82) is 0 Å². The minimum Gasteiger partial charge on any atom is -0.454 e. The highest BCUT2D eigenvalue weighted by atomic mass is 35.5. The number of halogens is 1. The van der Waals surface area contributed by atoms with Crippen LogP contribution in [0.4, 0.5) is 5.69 Å². The fourth-order valence-electron chi connectivity index (χ4n) is 3.49. The Hall–Kier alpha value is -2.99. The molecule has 0 aliphatic carbocycles. The molecule has 144 valence electrons. The topological polar surface area (TPSA) is 65.0 Å². The maximum Gasteiger partial charge on any atom is 0.272 e. The molecule has 28 heavy (non-hydrogen) atoms. The molecule has 0 bridgehead atoms. The van der Waals surface area contributed by atoms with E-state index in [1.54, 1.807) is 6.07 Å². The van der Waals surface area contributed by atoms with Crippen LogP contribution in [0.5, 0.6) is 0 Å². The van der Waals surface area contributed by atoms with E-state index in [4.69, 9.17) is 16.0 Å². The normalized spacial score (nSPS) is 11.3. The van der Waals surface area contributed by atoms with E-state index in [1.165, 1.54) is 0 Å². The first-order valence-corrected chi connectivity index (χ1v) is 9.48. The van der Waals surface area contributed by atoms with Gasteiger partial charge in [-0.2, -0.15) is 5.10 Å². The van der Waals surface area contributed by atoms with Crippen molar-refractivity contribution >= 4 is 34.3 Å². The van der Waals surface area contributed by atoms with Crippen molar-refractivity contribution in [3.63, 3.8) is 0 Å². The van der Waals surface area contributed by atoms with Gasteiger partial charge in [-0.25, -0.2) is 0 Å². The van der Waals surface area contributed by atoms with Crippen molar-refractivity contribution in [1.82, 2.24) is 14.3 Å². The van der Waals surface area contributed by atoms with E-state index < -0.39 is 0 Å². The molecule has 1 amide bonds. The predicted octanol–water partition coefficient (Wildman–Crippen LogP) is 5.18. The summed E-state index contributed by atoms with van der Waals surface area (Å²) in [5.41, 5.74) is 5.30. The second kappa shape index (κ2) is 6.87. The lowest BCUT2D eigenvalue weighted by molar-refractivity contribution is 0.101. The average molecular weight is 397 g/mol. The standard InChI is InChI=1S/C21H21ClN4O2/c1-5-26-13(3)20(12(2)24-26)23-21(27)17-11-19-16(25(17)4)10-18(28-19)14-8-6-7-9-15(14)22/h6-11H,5H2,1-4H3,(H,23,27). The highest BCUT2D eigenvalue weighted by Crippen LogP contribution is 2.33. The van der Waals surface area contributed by atoms with Gasteiger partial charge in [-0.05, 0) is 32.9 Å². The van der Waals surface area contributed by atoms with E-state index in [0.717, 1.165) is 34.7 Å².